The molecule has 4 rings (SSSR count). The third-order valence-corrected chi connectivity index (χ3v) is 14.0. The smallest absolute Gasteiger partial charge is 0.329 e. The lowest BCUT2D eigenvalue weighted by Gasteiger charge is -2.50. The van der Waals surface area contributed by atoms with Crippen LogP contribution in [-0.2, 0) is 66.6 Å². The Hall–Kier alpha value is -3.16. The lowest BCUT2D eigenvalue weighted by Crippen LogP contribution is -2.61. The van der Waals surface area contributed by atoms with E-state index in [0.717, 1.165) is 0 Å². The molecule has 2 bridgehead atoms. The van der Waals surface area contributed by atoms with E-state index in [-0.39, 0.29) is 44.1 Å². The van der Waals surface area contributed by atoms with Gasteiger partial charge < -0.3 is 57.5 Å². The van der Waals surface area contributed by atoms with Gasteiger partial charge in [-0.1, -0.05) is 34.3 Å². The van der Waals surface area contributed by atoms with Gasteiger partial charge in [-0.25, -0.2) is 5.48 Å². The Kier molecular flexibility index (Phi) is 18.7. The predicted octanol–water partition coefficient (Wildman–Crippen LogP) is 5.35. The number of hydroxylamine groups is 1. The zero-order chi connectivity index (χ0) is 48.9. The second-order valence-corrected chi connectivity index (χ2v) is 20.0. The maximum atomic E-state index is 14.8. The summed E-state index contributed by atoms with van der Waals surface area (Å²) in [5, 5.41) is 12.6. The molecule has 1 saturated carbocycles. The van der Waals surface area contributed by atoms with Crippen LogP contribution >= 0.6 is 0 Å². The third kappa shape index (κ3) is 12.9. The van der Waals surface area contributed by atoms with E-state index in [0.29, 0.717) is 36.1 Å². The lowest BCUT2D eigenvalue weighted by molar-refractivity contribution is -0.306. The minimum atomic E-state index is -1.79. The van der Waals surface area contributed by atoms with Crippen LogP contribution in [0.4, 0.5) is 0 Å². The number of hydrogen-bond acceptors (Lipinski definition) is 17. The van der Waals surface area contributed by atoms with Crippen molar-refractivity contribution < 1.29 is 71.8 Å². The molecule has 17 atom stereocenters. The van der Waals surface area contributed by atoms with Crippen LogP contribution in [-0.4, -0.2) is 146 Å². The third-order valence-electron chi connectivity index (χ3n) is 14.0. The highest BCUT2D eigenvalue weighted by Gasteiger charge is 2.55. The molecule has 0 aromatic carbocycles. The number of carbonyl (C=O) groups is 4. The highest BCUT2D eigenvalue weighted by molar-refractivity contribution is 5.73. The lowest BCUT2D eigenvalue weighted by atomic mass is 9.74. The molecule has 3 heterocycles. The van der Waals surface area contributed by atoms with Crippen LogP contribution in [0.5, 0.6) is 0 Å². The number of likely N-dealkylation sites (N-methyl/N-ethyl adjacent to an activating group) is 1. The van der Waals surface area contributed by atoms with Crippen molar-refractivity contribution in [3.05, 3.63) is 23.4 Å². The van der Waals surface area contributed by atoms with E-state index < -0.39 is 107 Å². The average molecular weight is 925 g/mol. The first-order valence-corrected chi connectivity index (χ1v) is 23.2. The molecule has 65 heavy (non-hydrogen) atoms. The molecule has 1 aliphatic carbocycles. The summed E-state index contributed by atoms with van der Waals surface area (Å²) >= 11 is 0. The fraction of sp³-hybridized carbons (Fsp3) is 0.833. The van der Waals surface area contributed by atoms with Gasteiger partial charge >= 0.3 is 23.9 Å². The molecule has 0 amide bonds. The number of fused-ring (bicyclic) bond motifs is 4. The second-order valence-electron chi connectivity index (χ2n) is 20.0. The normalized spacial score (nSPS) is 42.4. The quantitative estimate of drug-likeness (QED) is 0.116. The summed E-state index contributed by atoms with van der Waals surface area (Å²) < 4.78 is 59.0. The monoisotopic (exact) mass is 925 g/mol. The first-order chi connectivity index (χ1) is 30.2. The van der Waals surface area contributed by atoms with Gasteiger partial charge in [-0.15, -0.1) is 0 Å². The van der Waals surface area contributed by atoms with E-state index in [2.05, 4.69) is 12.1 Å². The van der Waals surface area contributed by atoms with Crippen molar-refractivity contribution in [3.63, 3.8) is 0 Å². The first kappa shape index (κ1) is 54.4. The molecular formula is C48H80N2O15. The molecule has 2 N–H and O–H groups in total. The van der Waals surface area contributed by atoms with E-state index >= 15 is 0 Å². The number of nitrogens with one attached hydrogen (secondary N) is 1. The van der Waals surface area contributed by atoms with Crippen molar-refractivity contribution in [2.24, 2.45) is 23.7 Å². The average Bonchev–Trinajstić information content (AvgIpc) is 3.22. The number of hydrogen-bond donors (Lipinski definition) is 2. The fourth-order valence-corrected chi connectivity index (χ4v) is 10.8. The maximum Gasteiger partial charge on any atom is 0.329 e. The fourth-order valence-electron chi connectivity index (χ4n) is 10.8. The first-order valence-electron chi connectivity index (χ1n) is 23.2. The summed E-state index contributed by atoms with van der Waals surface area (Å²) in [5.74, 6) is -4.75. The van der Waals surface area contributed by atoms with Gasteiger partial charge in [0.2, 0.25) is 0 Å². The highest BCUT2D eigenvalue weighted by atomic mass is 16.7. The minimum Gasteiger partial charge on any atom is -0.459 e. The Bertz CT molecular complexity index is 1720. The van der Waals surface area contributed by atoms with Gasteiger partial charge in [0.25, 0.3) is 0 Å². The Labute approximate surface area is 386 Å². The highest BCUT2D eigenvalue weighted by Crippen LogP contribution is 2.45. The molecule has 2 fully saturated rings. The molecule has 0 unspecified atom stereocenters. The number of esters is 3. The number of carbonyl (C=O) groups excluding carboxylic acids is 4. The summed E-state index contributed by atoms with van der Waals surface area (Å²) in [6.45, 7) is 26.7. The van der Waals surface area contributed by atoms with Crippen molar-refractivity contribution in [1.82, 2.24) is 10.4 Å². The standard InChI is InChI=1S/C48H80N2O15/c1-18-37-48(14,55)43-29(6)38(49-65-34(11)53)27(4)21-47(13,58-24-25(2)23-57-43)42(64-45-40(60-32(9)51)36(50(15)16)20-28(5)59-45)30(7)39(31(8)44(54)63-37)62-35-19-26(3)41(61-33(10)52)46(12,22-35)56-17/h26,28-31,35-37,39-43,45,49,55H,2,18-24H2,1,3-17H3/b38-27+/t26-,28-,29+,30+,31-,35-,36+,37-,39+,40-,41+,42-,43-,45+,46-,47-,48-/m1/s1. The number of aliphatic hydroxyl groups is 1. The number of methoxy groups -OCH3 is 1. The molecule has 0 aromatic heterocycles. The van der Waals surface area contributed by atoms with E-state index in [4.69, 9.17) is 47.5 Å². The van der Waals surface area contributed by atoms with Crippen molar-refractivity contribution in [3.8, 4) is 0 Å². The molecule has 3 aliphatic heterocycles. The van der Waals surface area contributed by atoms with E-state index in [1.54, 1.807) is 21.0 Å². The van der Waals surface area contributed by atoms with E-state index in [1.807, 2.05) is 74.4 Å². The van der Waals surface area contributed by atoms with Crippen LogP contribution in [0.3, 0.4) is 0 Å². The van der Waals surface area contributed by atoms with E-state index in [9.17, 15) is 24.3 Å². The summed E-state index contributed by atoms with van der Waals surface area (Å²) in [7, 11) is 5.39. The zero-order valence-corrected chi connectivity index (χ0v) is 41.8. The summed E-state index contributed by atoms with van der Waals surface area (Å²) in [5.41, 5.74) is 0.491. The van der Waals surface area contributed by atoms with Crippen molar-refractivity contribution in [2.75, 3.05) is 34.4 Å². The van der Waals surface area contributed by atoms with Gasteiger partial charge in [0.15, 0.2) is 12.4 Å². The van der Waals surface area contributed by atoms with E-state index in [1.165, 1.54) is 20.8 Å². The van der Waals surface area contributed by atoms with Crippen molar-refractivity contribution in [1.29, 1.82) is 0 Å². The molecule has 0 radical (unpaired) electrons. The summed E-state index contributed by atoms with van der Waals surface area (Å²) in [6, 6.07) is -0.293. The SMILES string of the molecule is C=C1CO[C@@H]2[C@@H](C)/C(NOC(C)=O)=C(/C)C[C@@](C)(OC1)[C@H](O[C@@H]1O[C@H](C)C[C@H](N(C)C)[C@H]1OC(C)=O)[C@@H](C)[C@H](O[C@@H]1C[C@@H](C)[C@H](OC(C)=O)[C@](C)(OC)C1)[C@@H](C)C(=O)O[C@H](CC)[C@@]2(C)O. The van der Waals surface area contributed by atoms with Gasteiger partial charge in [-0.05, 0) is 92.0 Å². The maximum absolute atomic E-state index is 14.8. The molecule has 372 valence electrons. The van der Waals surface area contributed by atoms with Crippen LogP contribution < -0.4 is 5.48 Å². The number of ether oxygens (including phenoxy) is 9. The predicted molar refractivity (Wildman–Crippen MR) is 239 cm³/mol. The van der Waals surface area contributed by atoms with Crippen molar-refractivity contribution >= 4 is 23.9 Å². The Morgan fingerprint density at radius 2 is 1.55 bits per heavy atom. The topological polar surface area (TPSA) is 196 Å². The number of rotatable bonds is 11. The largest absolute Gasteiger partial charge is 0.459 e. The number of nitrogens with zero attached hydrogens (tertiary/aromatic N) is 1. The van der Waals surface area contributed by atoms with Crippen LogP contribution in [0.15, 0.2) is 23.4 Å². The Morgan fingerprint density at radius 3 is 2.12 bits per heavy atom. The van der Waals surface area contributed by atoms with Crippen molar-refractivity contribution in [2.45, 2.75) is 200 Å². The van der Waals surface area contributed by atoms with Crippen LogP contribution in [0, 0.1) is 23.7 Å². The molecule has 0 aromatic rings. The Morgan fingerprint density at radius 1 is 0.908 bits per heavy atom. The van der Waals surface area contributed by atoms with Crippen LogP contribution in [0.2, 0.25) is 0 Å². The second kappa shape index (κ2) is 22.3. The molecule has 17 heteroatoms. The van der Waals surface area contributed by atoms with Crippen LogP contribution in [0.25, 0.3) is 0 Å². The number of cyclic esters (lactones) is 1. The summed E-state index contributed by atoms with van der Waals surface area (Å²) in [6.07, 6.45) is -5.76. The molecule has 4 aliphatic rings. The summed E-state index contributed by atoms with van der Waals surface area (Å²) in [4.78, 5) is 59.7. The van der Waals surface area contributed by atoms with Crippen LogP contribution in [0.1, 0.15) is 122 Å². The Balaban J connectivity index is 2.05. The molecule has 1 saturated heterocycles. The van der Waals surface area contributed by atoms with Gasteiger partial charge in [0.1, 0.15) is 23.4 Å². The van der Waals surface area contributed by atoms with Gasteiger partial charge in [-0.3, -0.25) is 19.2 Å². The van der Waals surface area contributed by atoms with Gasteiger partial charge in [-0.2, -0.15) is 0 Å². The molecule has 17 nitrogen and oxygen atoms in total. The zero-order valence-electron chi connectivity index (χ0n) is 41.8. The van der Waals surface area contributed by atoms with Gasteiger partial charge in [0, 0.05) is 52.6 Å². The van der Waals surface area contributed by atoms with Gasteiger partial charge in [0.05, 0.1) is 67.0 Å². The molecule has 0 spiro atoms. The molecular weight excluding hydrogens is 845 g/mol. The minimum absolute atomic E-state index is 0.000476.